The molecule has 0 rings (SSSR count). The van der Waals surface area contributed by atoms with E-state index in [-0.39, 0.29) is 12.8 Å². The molecule has 0 aromatic rings. The van der Waals surface area contributed by atoms with Crippen molar-refractivity contribution in [2.75, 3.05) is 7.05 Å². The van der Waals surface area contributed by atoms with Gasteiger partial charge in [0.25, 0.3) is 0 Å². The number of carbonyl (C=O) groups is 3. The lowest BCUT2D eigenvalue weighted by molar-refractivity contribution is -0.150. The number of carboxylic acid groups (broad SMARTS) is 2. The highest BCUT2D eigenvalue weighted by molar-refractivity contribution is 5.84. The second-order valence-corrected chi connectivity index (χ2v) is 5.51. The summed E-state index contributed by atoms with van der Waals surface area (Å²) in [5.74, 6) is -2.40. The summed E-state index contributed by atoms with van der Waals surface area (Å²) in [5.41, 5.74) is -2.38. The number of carbonyl (C=O) groups excluding carboxylic acids is 1. The third-order valence-electron chi connectivity index (χ3n) is 2.69. The van der Waals surface area contributed by atoms with Gasteiger partial charge in [-0.05, 0) is 34.1 Å². The normalized spacial score (nSPS) is 14.4. The average molecular weight is 275 g/mol. The Morgan fingerprint density at radius 3 is 1.89 bits per heavy atom. The molecule has 0 aliphatic heterocycles. The molecular weight excluding hydrogens is 254 g/mol. The van der Waals surface area contributed by atoms with E-state index in [1.54, 1.807) is 20.8 Å². The van der Waals surface area contributed by atoms with Gasteiger partial charge in [-0.15, -0.1) is 0 Å². The Bertz CT molecular complexity index is 373. The molecule has 7 heteroatoms. The van der Waals surface area contributed by atoms with Crippen LogP contribution in [-0.4, -0.2) is 51.3 Å². The molecule has 110 valence electrons. The van der Waals surface area contributed by atoms with E-state index < -0.39 is 29.2 Å². The molecule has 1 unspecified atom stereocenters. The van der Waals surface area contributed by atoms with Gasteiger partial charge in [0.15, 0.2) is 0 Å². The van der Waals surface area contributed by atoms with E-state index in [0.717, 1.165) is 4.90 Å². The third-order valence-corrected chi connectivity index (χ3v) is 2.69. The smallest absolute Gasteiger partial charge is 0.410 e. The maximum Gasteiger partial charge on any atom is 0.410 e. The topological polar surface area (TPSA) is 104 Å². The molecule has 0 heterocycles. The molecule has 0 aliphatic carbocycles. The number of likely N-dealkylation sites (N-methyl/N-ethyl adjacent to an activating group) is 1. The zero-order valence-electron chi connectivity index (χ0n) is 11.9. The van der Waals surface area contributed by atoms with Gasteiger partial charge in [0.1, 0.15) is 11.1 Å². The van der Waals surface area contributed by atoms with E-state index >= 15 is 0 Å². The molecule has 0 aromatic heterocycles. The quantitative estimate of drug-likeness (QED) is 0.789. The fraction of sp³-hybridized carbons (Fsp3) is 0.750. The summed E-state index contributed by atoms with van der Waals surface area (Å²) >= 11 is 0. The van der Waals surface area contributed by atoms with E-state index in [1.165, 1.54) is 14.0 Å². The minimum absolute atomic E-state index is 0.201. The molecule has 0 spiro atoms. The molecular formula is C12H21NO6. The van der Waals surface area contributed by atoms with Gasteiger partial charge in [-0.2, -0.15) is 0 Å². The first-order valence-electron chi connectivity index (χ1n) is 5.82. The first-order valence-corrected chi connectivity index (χ1v) is 5.82. The number of hydrogen-bond donors (Lipinski definition) is 2. The Hall–Kier alpha value is -1.79. The summed E-state index contributed by atoms with van der Waals surface area (Å²) in [6, 6.07) is 0. The van der Waals surface area contributed by atoms with Gasteiger partial charge in [-0.3, -0.25) is 9.69 Å². The molecule has 0 fully saturated rings. The fourth-order valence-corrected chi connectivity index (χ4v) is 1.30. The second-order valence-electron chi connectivity index (χ2n) is 5.51. The number of hydrogen-bond acceptors (Lipinski definition) is 4. The summed E-state index contributed by atoms with van der Waals surface area (Å²) in [6.45, 7) is 6.28. The highest BCUT2D eigenvalue weighted by atomic mass is 16.6. The van der Waals surface area contributed by atoms with Crippen LogP contribution in [0.2, 0.25) is 0 Å². The Labute approximate surface area is 112 Å². The molecule has 1 amide bonds. The highest BCUT2D eigenvalue weighted by Crippen LogP contribution is 2.23. The van der Waals surface area contributed by atoms with Crippen LogP contribution in [0.3, 0.4) is 0 Å². The molecule has 0 aromatic carbocycles. The Balaban J connectivity index is 5.02. The van der Waals surface area contributed by atoms with Crippen LogP contribution < -0.4 is 0 Å². The lowest BCUT2D eigenvalue weighted by Gasteiger charge is -2.35. The maximum absolute atomic E-state index is 11.8. The van der Waals surface area contributed by atoms with Crippen molar-refractivity contribution in [1.82, 2.24) is 4.90 Å². The first-order chi connectivity index (χ1) is 8.40. The van der Waals surface area contributed by atoms with Gasteiger partial charge < -0.3 is 14.9 Å². The van der Waals surface area contributed by atoms with Crippen LogP contribution >= 0.6 is 0 Å². The van der Waals surface area contributed by atoms with Crippen molar-refractivity contribution in [3.05, 3.63) is 0 Å². The van der Waals surface area contributed by atoms with Gasteiger partial charge in [0.2, 0.25) is 0 Å². The largest absolute Gasteiger partial charge is 0.481 e. The van der Waals surface area contributed by atoms with Crippen molar-refractivity contribution < 1.29 is 29.3 Å². The molecule has 0 saturated heterocycles. The number of amides is 1. The molecule has 0 aliphatic rings. The molecule has 1 atom stereocenters. The minimum atomic E-state index is -1.62. The Morgan fingerprint density at radius 1 is 1.11 bits per heavy atom. The molecule has 0 radical (unpaired) electrons. The van der Waals surface area contributed by atoms with Crippen molar-refractivity contribution in [3.8, 4) is 0 Å². The number of rotatable bonds is 5. The zero-order valence-corrected chi connectivity index (χ0v) is 11.9. The number of aliphatic carboxylic acids is 2. The summed E-state index contributed by atoms with van der Waals surface area (Å²) in [5, 5.41) is 17.9. The van der Waals surface area contributed by atoms with Gasteiger partial charge >= 0.3 is 18.0 Å². The van der Waals surface area contributed by atoms with E-state index in [4.69, 9.17) is 9.84 Å². The van der Waals surface area contributed by atoms with Crippen LogP contribution in [0.5, 0.6) is 0 Å². The fourth-order valence-electron chi connectivity index (χ4n) is 1.30. The Kier molecular flexibility index (Phi) is 5.34. The zero-order chi connectivity index (χ0) is 15.4. The summed E-state index contributed by atoms with van der Waals surface area (Å²) in [4.78, 5) is 34.6. The lowest BCUT2D eigenvalue weighted by Crippen LogP contribution is -2.54. The third kappa shape index (κ3) is 5.15. The molecule has 0 bridgehead atoms. The average Bonchev–Trinajstić information content (AvgIpc) is 2.21. The second kappa shape index (κ2) is 5.90. The predicted octanol–water partition coefficient (Wildman–Crippen LogP) is 1.56. The van der Waals surface area contributed by atoms with Gasteiger partial charge in [-0.1, -0.05) is 0 Å². The van der Waals surface area contributed by atoms with Crippen LogP contribution in [-0.2, 0) is 14.3 Å². The SMILES string of the molecule is CN(C(=O)OC(C)(C)C)C(C)(CCC(=O)O)C(=O)O. The molecule has 19 heavy (non-hydrogen) atoms. The van der Waals surface area contributed by atoms with Crippen LogP contribution in [0.1, 0.15) is 40.5 Å². The number of carboxylic acids is 2. The number of ether oxygens (including phenoxy) is 1. The van der Waals surface area contributed by atoms with Crippen molar-refractivity contribution in [2.24, 2.45) is 0 Å². The van der Waals surface area contributed by atoms with Crippen LogP contribution in [0.25, 0.3) is 0 Å². The molecule has 0 saturated carbocycles. The van der Waals surface area contributed by atoms with Crippen molar-refractivity contribution >= 4 is 18.0 Å². The standard InChI is InChI=1S/C12H21NO6/c1-11(2,3)19-10(18)13(5)12(4,9(16)17)7-6-8(14)15/h6-7H2,1-5H3,(H,14,15)(H,16,17). The maximum atomic E-state index is 11.8. The Morgan fingerprint density at radius 2 is 1.58 bits per heavy atom. The van der Waals surface area contributed by atoms with Crippen LogP contribution in [0, 0.1) is 0 Å². The molecule has 2 N–H and O–H groups in total. The van der Waals surface area contributed by atoms with E-state index in [9.17, 15) is 19.5 Å². The van der Waals surface area contributed by atoms with Crippen LogP contribution in [0.4, 0.5) is 4.79 Å². The summed E-state index contributed by atoms with van der Waals surface area (Å²) < 4.78 is 5.08. The van der Waals surface area contributed by atoms with Gasteiger partial charge in [0.05, 0.1) is 0 Å². The number of nitrogens with zero attached hydrogens (tertiary/aromatic N) is 1. The molecule has 7 nitrogen and oxygen atoms in total. The summed E-state index contributed by atoms with van der Waals surface area (Å²) in [6.07, 6.45) is -1.36. The van der Waals surface area contributed by atoms with Crippen LogP contribution in [0.15, 0.2) is 0 Å². The monoisotopic (exact) mass is 275 g/mol. The van der Waals surface area contributed by atoms with Crippen molar-refractivity contribution in [2.45, 2.75) is 51.7 Å². The highest BCUT2D eigenvalue weighted by Gasteiger charge is 2.42. The van der Waals surface area contributed by atoms with E-state index in [0.29, 0.717) is 0 Å². The van der Waals surface area contributed by atoms with Crippen molar-refractivity contribution in [1.29, 1.82) is 0 Å². The minimum Gasteiger partial charge on any atom is -0.481 e. The first kappa shape index (κ1) is 17.2. The summed E-state index contributed by atoms with van der Waals surface area (Å²) in [7, 11) is 1.28. The lowest BCUT2D eigenvalue weighted by atomic mass is 9.94. The van der Waals surface area contributed by atoms with Gasteiger partial charge in [0, 0.05) is 13.5 Å². The van der Waals surface area contributed by atoms with E-state index in [2.05, 4.69) is 0 Å². The van der Waals surface area contributed by atoms with E-state index in [1.807, 2.05) is 0 Å². The predicted molar refractivity (Wildman–Crippen MR) is 66.9 cm³/mol. The van der Waals surface area contributed by atoms with Crippen molar-refractivity contribution in [3.63, 3.8) is 0 Å². The van der Waals surface area contributed by atoms with Gasteiger partial charge in [-0.25, -0.2) is 9.59 Å².